The summed E-state index contributed by atoms with van der Waals surface area (Å²) in [6.45, 7) is 2.22. The van der Waals surface area contributed by atoms with Gasteiger partial charge < -0.3 is 5.32 Å². The Balaban J connectivity index is 1.42. The van der Waals surface area contributed by atoms with Crippen molar-refractivity contribution in [1.29, 1.82) is 0 Å². The van der Waals surface area contributed by atoms with E-state index < -0.39 is 0 Å². The maximum absolute atomic E-state index is 12.8. The molecule has 0 aliphatic heterocycles. The number of para-hydroxylation sites is 1. The van der Waals surface area contributed by atoms with Crippen molar-refractivity contribution in [3.63, 3.8) is 0 Å². The molecule has 1 aliphatic carbocycles. The number of rotatable bonds is 5. The lowest BCUT2D eigenvalue weighted by molar-refractivity contribution is 0.102. The van der Waals surface area contributed by atoms with Crippen LogP contribution in [0.4, 0.5) is 5.82 Å². The number of anilines is 1. The number of pyridine rings is 1. The Bertz CT molecular complexity index is 1130. The lowest BCUT2D eigenvalue weighted by Crippen LogP contribution is -2.15. The van der Waals surface area contributed by atoms with E-state index in [0.717, 1.165) is 17.8 Å². The first-order valence-electron chi connectivity index (χ1n) is 9.60. The second kappa shape index (κ2) is 7.01. The molecule has 1 saturated carbocycles. The molecule has 4 aromatic rings. The number of nitrogens with one attached hydrogen (secondary N) is 1. The minimum Gasteiger partial charge on any atom is -0.306 e. The third kappa shape index (κ3) is 3.42. The van der Waals surface area contributed by atoms with E-state index >= 15 is 0 Å². The Morgan fingerprint density at radius 2 is 2.00 bits per heavy atom. The molecular formula is C22H20N6O. The van der Waals surface area contributed by atoms with Crippen molar-refractivity contribution in [3.05, 3.63) is 84.7 Å². The highest BCUT2D eigenvalue weighted by molar-refractivity contribution is 6.03. The zero-order valence-corrected chi connectivity index (χ0v) is 15.9. The number of imidazole rings is 1. The summed E-state index contributed by atoms with van der Waals surface area (Å²) in [5.74, 6) is 2.25. The molecular weight excluding hydrogens is 364 g/mol. The highest BCUT2D eigenvalue weighted by atomic mass is 16.1. The molecule has 3 heterocycles. The summed E-state index contributed by atoms with van der Waals surface area (Å²) in [4.78, 5) is 21.2. The van der Waals surface area contributed by atoms with Gasteiger partial charge >= 0.3 is 0 Å². The Kier molecular flexibility index (Phi) is 4.20. The maximum atomic E-state index is 12.8. The van der Waals surface area contributed by atoms with Gasteiger partial charge in [-0.3, -0.25) is 9.36 Å². The van der Waals surface area contributed by atoms with Crippen LogP contribution in [-0.4, -0.2) is 30.2 Å². The summed E-state index contributed by atoms with van der Waals surface area (Å²) in [5, 5.41) is 7.76. The predicted octanol–water partition coefficient (Wildman–Crippen LogP) is 3.83. The predicted molar refractivity (Wildman–Crippen MR) is 109 cm³/mol. The van der Waals surface area contributed by atoms with E-state index in [1.54, 1.807) is 46.3 Å². The van der Waals surface area contributed by atoms with Gasteiger partial charge in [-0.15, -0.1) is 0 Å². The summed E-state index contributed by atoms with van der Waals surface area (Å²) < 4.78 is 3.58. The SMILES string of the molecule is C[C@H]1C[C@H]1c1cc(NC(=O)c2ccc(-n3ccnc3)nc2)n(-c2ccccc2)n1. The monoisotopic (exact) mass is 384 g/mol. The Morgan fingerprint density at radius 1 is 1.17 bits per heavy atom. The molecule has 1 fully saturated rings. The molecule has 1 N–H and O–H groups in total. The van der Waals surface area contributed by atoms with Crippen LogP contribution < -0.4 is 5.32 Å². The minimum atomic E-state index is -0.220. The number of nitrogens with zero attached hydrogens (tertiary/aromatic N) is 5. The van der Waals surface area contributed by atoms with Gasteiger partial charge in [-0.25, -0.2) is 14.6 Å². The van der Waals surface area contributed by atoms with E-state index in [2.05, 4.69) is 22.2 Å². The number of hydrogen-bond acceptors (Lipinski definition) is 4. The fraction of sp³-hybridized carbons (Fsp3) is 0.182. The van der Waals surface area contributed by atoms with Gasteiger partial charge in [0.15, 0.2) is 0 Å². The van der Waals surface area contributed by atoms with Crippen LogP contribution in [0.1, 0.15) is 35.3 Å². The third-order valence-electron chi connectivity index (χ3n) is 5.24. The first-order chi connectivity index (χ1) is 14.2. The van der Waals surface area contributed by atoms with Gasteiger partial charge in [-0.1, -0.05) is 25.1 Å². The van der Waals surface area contributed by atoms with Gasteiger partial charge in [0.1, 0.15) is 18.0 Å². The Morgan fingerprint density at radius 3 is 2.66 bits per heavy atom. The number of aromatic nitrogens is 5. The van der Waals surface area contributed by atoms with Crippen LogP contribution in [0.2, 0.25) is 0 Å². The topological polar surface area (TPSA) is 77.6 Å². The standard InChI is InChI=1S/C22H20N6O/c1-15-11-18(15)19-12-21(28(26-19)17-5-3-2-4-6-17)25-22(29)16-7-8-20(24-13-16)27-10-9-23-14-27/h2-10,12-15,18H,11H2,1H3,(H,25,29)/t15-,18+/m0/s1. The minimum absolute atomic E-state index is 0.220. The average molecular weight is 384 g/mol. The fourth-order valence-corrected chi connectivity index (χ4v) is 3.43. The molecule has 2 atom stereocenters. The van der Waals surface area contributed by atoms with Crippen molar-refractivity contribution in [2.75, 3.05) is 5.32 Å². The zero-order chi connectivity index (χ0) is 19.8. The molecule has 0 radical (unpaired) electrons. The van der Waals surface area contributed by atoms with E-state index in [9.17, 15) is 4.79 Å². The van der Waals surface area contributed by atoms with E-state index in [-0.39, 0.29) is 5.91 Å². The Labute approximate surface area is 168 Å². The molecule has 0 bridgehead atoms. The quantitative estimate of drug-likeness (QED) is 0.567. The smallest absolute Gasteiger partial charge is 0.258 e. The zero-order valence-electron chi connectivity index (χ0n) is 15.9. The van der Waals surface area contributed by atoms with E-state index in [0.29, 0.717) is 29.0 Å². The van der Waals surface area contributed by atoms with E-state index in [1.165, 1.54) is 0 Å². The molecule has 7 nitrogen and oxygen atoms in total. The summed E-state index contributed by atoms with van der Waals surface area (Å²) in [5.41, 5.74) is 2.41. The van der Waals surface area contributed by atoms with Gasteiger partial charge in [0.25, 0.3) is 5.91 Å². The van der Waals surface area contributed by atoms with Gasteiger partial charge in [-0.05, 0) is 36.6 Å². The van der Waals surface area contributed by atoms with Crippen LogP contribution in [0, 0.1) is 5.92 Å². The first kappa shape index (κ1) is 17.4. The summed E-state index contributed by atoms with van der Waals surface area (Å²) >= 11 is 0. The largest absolute Gasteiger partial charge is 0.306 e. The summed E-state index contributed by atoms with van der Waals surface area (Å²) in [7, 11) is 0. The highest BCUT2D eigenvalue weighted by Crippen LogP contribution is 2.47. The van der Waals surface area contributed by atoms with E-state index in [1.807, 2.05) is 36.4 Å². The lowest BCUT2D eigenvalue weighted by atomic mass is 10.2. The molecule has 144 valence electrons. The van der Waals surface area contributed by atoms with Gasteiger partial charge in [0.05, 0.1) is 16.9 Å². The van der Waals surface area contributed by atoms with Crippen LogP contribution in [0.3, 0.4) is 0 Å². The molecule has 0 saturated heterocycles. The second-order valence-corrected chi connectivity index (χ2v) is 7.35. The summed E-state index contributed by atoms with van der Waals surface area (Å²) in [6, 6.07) is 15.4. The number of carbonyl (C=O) groups excluding carboxylic acids is 1. The van der Waals surface area contributed by atoms with Crippen molar-refractivity contribution in [3.8, 4) is 11.5 Å². The number of benzene rings is 1. The second-order valence-electron chi connectivity index (χ2n) is 7.35. The Hall–Kier alpha value is -3.74. The number of carbonyl (C=O) groups is 1. The van der Waals surface area contributed by atoms with Crippen molar-refractivity contribution >= 4 is 11.7 Å². The molecule has 0 spiro atoms. The van der Waals surface area contributed by atoms with Crippen LogP contribution in [0.15, 0.2) is 73.4 Å². The number of hydrogen-bond donors (Lipinski definition) is 1. The first-order valence-corrected chi connectivity index (χ1v) is 9.60. The van der Waals surface area contributed by atoms with Crippen LogP contribution >= 0.6 is 0 Å². The molecule has 1 amide bonds. The van der Waals surface area contributed by atoms with Crippen LogP contribution in [0.25, 0.3) is 11.5 Å². The van der Waals surface area contributed by atoms with Crippen LogP contribution in [0.5, 0.6) is 0 Å². The van der Waals surface area contributed by atoms with Crippen molar-refractivity contribution in [1.82, 2.24) is 24.3 Å². The van der Waals surface area contributed by atoms with E-state index in [4.69, 9.17) is 5.10 Å². The maximum Gasteiger partial charge on any atom is 0.258 e. The average Bonchev–Trinajstić information content (AvgIpc) is 3.15. The fourth-order valence-electron chi connectivity index (χ4n) is 3.43. The van der Waals surface area contributed by atoms with Gasteiger partial charge in [0, 0.05) is 30.6 Å². The highest BCUT2D eigenvalue weighted by Gasteiger charge is 2.36. The molecule has 0 unspecified atom stereocenters. The molecule has 3 aromatic heterocycles. The molecule has 1 aromatic carbocycles. The molecule has 7 heteroatoms. The molecule has 5 rings (SSSR count). The normalized spacial score (nSPS) is 17.8. The molecule has 1 aliphatic rings. The van der Waals surface area contributed by atoms with Gasteiger partial charge in [0.2, 0.25) is 0 Å². The van der Waals surface area contributed by atoms with Crippen LogP contribution in [-0.2, 0) is 0 Å². The lowest BCUT2D eigenvalue weighted by Gasteiger charge is -2.09. The third-order valence-corrected chi connectivity index (χ3v) is 5.24. The molecule has 29 heavy (non-hydrogen) atoms. The summed E-state index contributed by atoms with van der Waals surface area (Å²) in [6.07, 6.45) is 7.86. The van der Waals surface area contributed by atoms with Crippen molar-refractivity contribution < 1.29 is 4.79 Å². The van der Waals surface area contributed by atoms with Crippen molar-refractivity contribution in [2.24, 2.45) is 5.92 Å². The van der Waals surface area contributed by atoms with Crippen molar-refractivity contribution in [2.45, 2.75) is 19.3 Å². The number of amides is 1. The van der Waals surface area contributed by atoms with Gasteiger partial charge in [-0.2, -0.15) is 5.10 Å².